The van der Waals surface area contributed by atoms with E-state index in [1.54, 1.807) is 6.08 Å². The molecule has 0 aromatic rings. The second kappa shape index (κ2) is 8.56. The topological polar surface area (TPSA) is 52.6 Å². The van der Waals surface area contributed by atoms with Crippen molar-refractivity contribution < 1.29 is 19.1 Å². The molecule has 0 amide bonds. The smallest absolute Gasteiger partial charge is 0.320 e. The van der Waals surface area contributed by atoms with Crippen molar-refractivity contribution in [3.05, 3.63) is 24.8 Å². The molecule has 0 bridgehead atoms. The Labute approximate surface area is 102 Å². The van der Waals surface area contributed by atoms with Crippen molar-refractivity contribution in [3.63, 3.8) is 0 Å². The van der Waals surface area contributed by atoms with E-state index in [1.807, 2.05) is 19.1 Å². The quantitative estimate of drug-likeness (QED) is 0.388. The van der Waals surface area contributed by atoms with E-state index in [2.05, 4.69) is 16.1 Å². The van der Waals surface area contributed by atoms with Crippen molar-refractivity contribution in [1.29, 1.82) is 0 Å². The van der Waals surface area contributed by atoms with Crippen LogP contribution in [0.15, 0.2) is 24.8 Å². The Balaban J connectivity index is 4.98. The molecule has 4 nitrogen and oxygen atoms in total. The molecule has 0 radical (unpaired) electrons. The van der Waals surface area contributed by atoms with Crippen LogP contribution >= 0.6 is 0 Å². The summed E-state index contributed by atoms with van der Waals surface area (Å²) >= 11 is 0. The highest BCUT2D eigenvalue weighted by Crippen LogP contribution is 2.22. The first-order valence-corrected chi connectivity index (χ1v) is 5.51. The van der Waals surface area contributed by atoms with Gasteiger partial charge in [-0.1, -0.05) is 18.2 Å². The Bertz CT molecular complexity index is 278. The maximum atomic E-state index is 11.6. The van der Waals surface area contributed by atoms with E-state index in [9.17, 15) is 9.59 Å². The molecule has 0 saturated carbocycles. The lowest BCUT2D eigenvalue weighted by molar-refractivity contribution is -0.160. The van der Waals surface area contributed by atoms with Crippen molar-refractivity contribution in [2.24, 2.45) is 11.8 Å². The van der Waals surface area contributed by atoms with E-state index in [0.717, 1.165) is 6.42 Å². The van der Waals surface area contributed by atoms with Gasteiger partial charge in [-0.2, -0.15) is 0 Å². The van der Waals surface area contributed by atoms with Crippen molar-refractivity contribution in [1.82, 2.24) is 0 Å². The van der Waals surface area contributed by atoms with Crippen LogP contribution in [0.4, 0.5) is 0 Å². The van der Waals surface area contributed by atoms with Crippen LogP contribution in [0, 0.1) is 11.8 Å². The fourth-order valence-corrected chi connectivity index (χ4v) is 1.63. The molecule has 0 aliphatic carbocycles. The third-order valence-electron chi connectivity index (χ3n) is 2.48. The number of carbonyl (C=O) groups excluding carboxylic acids is 2. The minimum absolute atomic E-state index is 0.224. The van der Waals surface area contributed by atoms with Gasteiger partial charge in [0.05, 0.1) is 14.2 Å². The lowest BCUT2D eigenvalue weighted by atomic mass is 9.88. The first kappa shape index (κ1) is 15.4. The summed E-state index contributed by atoms with van der Waals surface area (Å²) < 4.78 is 9.29. The number of hydrogen-bond donors (Lipinski definition) is 0. The largest absolute Gasteiger partial charge is 0.468 e. The van der Waals surface area contributed by atoms with E-state index in [-0.39, 0.29) is 5.92 Å². The van der Waals surface area contributed by atoms with Gasteiger partial charge < -0.3 is 9.47 Å². The van der Waals surface area contributed by atoms with Crippen LogP contribution < -0.4 is 0 Å². The van der Waals surface area contributed by atoms with Gasteiger partial charge in [0, 0.05) is 5.92 Å². The molecule has 4 heteroatoms. The molecule has 96 valence electrons. The third kappa shape index (κ3) is 4.85. The summed E-state index contributed by atoms with van der Waals surface area (Å²) in [5, 5.41) is 0. The molecule has 0 rings (SSSR count). The van der Waals surface area contributed by atoms with Crippen molar-refractivity contribution >= 4 is 11.9 Å². The fourth-order valence-electron chi connectivity index (χ4n) is 1.63. The van der Waals surface area contributed by atoms with Crippen LogP contribution in [0.1, 0.15) is 19.8 Å². The van der Waals surface area contributed by atoms with Gasteiger partial charge in [0.1, 0.15) is 0 Å². The maximum Gasteiger partial charge on any atom is 0.320 e. The first-order chi connectivity index (χ1) is 8.12. The highest BCUT2D eigenvalue weighted by Gasteiger charge is 2.34. The summed E-state index contributed by atoms with van der Waals surface area (Å²) in [4.78, 5) is 23.2. The van der Waals surface area contributed by atoms with Crippen molar-refractivity contribution in [2.75, 3.05) is 14.2 Å². The lowest BCUT2D eigenvalue weighted by Crippen LogP contribution is -2.32. The minimum Gasteiger partial charge on any atom is -0.468 e. The molecule has 0 fully saturated rings. The molecule has 0 unspecified atom stereocenters. The molecular weight excluding hydrogens is 220 g/mol. The zero-order valence-electron chi connectivity index (χ0n) is 10.6. The molecule has 0 aromatic carbocycles. The van der Waals surface area contributed by atoms with E-state index in [1.165, 1.54) is 14.2 Å². The van der Waals surface area contributed by atoms with E-state index in [4.69, 9.17) is 0 Å². The molecule has 0 aliphatic rings. The summed E-state index contributed by atoms with van der Waals surface area (Å²) in [5.41, 5.74) is 0. The number of rotatable bonds is 7. The van der Waals surface area contributed by atoms with Crippen molar-refractivity contribution in [2.45, 2.75) is 19.8 Å². The Morgan fingerprint density at radius 2 is 1.76 bits per heavy atom. The second-order valence-corrected chi connectivity index (χ2v) is 3.58. The van der Waals surface area contributed by atoms with Crippen LogP contribution in [0.25, 0.3) is 0 Å². The number of carbonyl (C=O) groups is 2. The first-order valence-electron chi connectivity index (χ1n) is 5.51. The highest BCUT2D eigenvalue weighted by molar-refractivity contribution is 5.95. The summed E-state index contributed by atoms with van der Waals surface area (Å²) in [6.45, 7) is 5.47. The Kier molecular flexibility index (Phi) is 7.76. The zero-order chi connectivity index (χ0) is 13.3. The fraction of sp³-hybridized carbons (Fsp3) is 0.538. The van der Waals surface area contributed by atoms with Gasteiger partial charge in [0.2, 0.25) is 0 Å². The molecule has 17 heavy (non-hydrogen) atoms. The summed E-state index contributed by atoms with van der Waals surface area (Å²) in [7, 11) is 2.52. The summed E-state index contributed by atoms with van der Waals surface area (Å²) in [6, 6.07) is 0. The highest BCUT2D eigenvalue weighted by atomic mass is 16.5. The van der Waals surface area contributed by atoms with Gasteiger partial charge in [0.25, 0.3) is 0 Å². The predicted octanol–water partition coefficient (Wildman–Crippen LogP) is 2.11. The van der Waals surface area contributed by atoms with Crippen LogP contribution in [-0.4, -0.2) is 26.2 Å². The van der Waals surface area contributed by atoms with E-state index in [0.29, 0.717) is 6.42 Å². The molecule has 1 atom stereocenters. The van der Waals surface area contributed by atoms with Gasteiger partial charge in [-0.15, -0.1) is 6.58 Å². The summed E-state index contributed by atoms with van der Waals surface area (Å²) in [6.07, 6.45) is 6.76. The van der Waals surface area contributed by atoms with Crippen molar-refractivity contribution in [3.8, 4) is 0 Å². The number of methoxy groups -OCH3 is 2. The maximum absolute atomic E-state index is 11.6. The number of ether oxygens (including phenoxy) is 2. The standard InChI is InChI=1S/C13H20O4/c1-5-7-9-10(8-6-2)11(12(14)16-3)13(15)17-4/h5-6,8,10-11H,1,7,9H2,2-4H3/b8-6+/t10-/m0/s1. The summed E-state index contributed by atoms with van der Waals surface area (Å²) in [5.74, 6) is -2.26. The average Bonchev–Trinajstić information content (AvgIpc) is 2.35. The van der Waals surface area contributed by atoms with Crippen LogP contribution in [-0.2, 0) is 19.1 Å². The minimum atomic E-state index is -0.902. The number of esters is 2. The normalized spacial score (nSPS) is 12.5. The lowest BCUT2D eigenvalue weighted by Gasteiger charge is -2.19. The molecule has 0 aromatic heterocycles. The van der Waals surface area contributed by atoms with Crippen LogP contribution in [0.5, 0.6) is 0 Å². The number of hydrogen-bond acceptors (Lipinski definition) is 4. The Morgan fingerprint density at radius 3 is 2.12 bits per heavy atom. The van der Waals surface area contributed by atoms with Crippen LogP contribution in [0.2, 0.25) is 0 Å². The predicted molar refractivity (Wildman–Crippen MR) is 65.3 cm³/mol. The molecular formula is C13H20O4. The number of allylic oxidation sites excluding steroid dienone is 3. The zero-order valence-corrected chi connectivity index (χ0v) is 10.6. The SMILES string of the molecule is C=CCC[C@H](/C=C/C)C(C(=O)OC)C(=O)OC. The van der Waals surface area contributed by atoms with Gasteiger partial charge in [-0.3, -0.25) is 9.59 Å². The molecule has 0 saturated heterocycles. The van der Waals surface area contributed by atoms with E-state index >= 15 is 0 Å². The molecule has 0 aliphatic heterocycles. The Hall–Kier alpha value is -1.58. The third-order valence-corrected chi connectivity index (χ3v) is 2.48. The van der Waals surface area contributed by atoms with Crippen LogP contribution in [0.3, 0.4) is 0 Å². The van der Waals surface area contributed by atoms with E-state index < -0.39 is 17.9 Å². The second-order valence-electron chi connectivity index (χ2n) is 3.58. The molecule has 0 heterocycles. The Morgan fingerprint density at radius 1 is 1.24 bits per heavy atom. The van der Waals surface area contributed by atoms with Gasteiger partial charge >= 0.3 is 11.9 Å². The molecule has 0 N–H and O–H groups in total. The monoisotopic (exact) mass is 240 g/mol. The van der Waals surface area contributed by atoms with Gasteiger partial charge in [-0.25, -0.2) is 0 Å². The molecule has 0 spiro atoms. The average molecular weight is 240 g/mol. The van der Waals surface area contributed by atoms with Gasteiger partial charge in [-0.05, 0) is 19.8 Å². The van der Waals surface area contributed by atoms with Gasteiger partial charge in [0.15, 0.2) is 5.92 Å².